The fourth-order valence-corrected chi connectivity index (χ4v) is 1.76. The Bertz CT molecular complexity index is 517. The third kappa shape index (κ3) is 2.43. The number of rotatable bonds is 4. The van der Waals surface area contributed by atoms with Crippen LogP contribution in [0.4, 0.5) is 5.69 Å². The maximum Gasteiger partial charge on any atom is 0.227 e. The van der Waals surface area contributed by atoms with Gasteiger partial charge < -0.3 is 5.32 Å². The van der Waals surface area contributed by atoms with E-state index in [4.69, 9.17) is 0 Å². The smallest absolute Gasteiger partial charge is 0.227 e. The number of carbonyl (C=O) groups is 1. The predicted octanol–water partition coefficient (Wildman–Crippen LogP) is 2.60. The fraction of sp³-hybridized carbons (Fsp3) is 0.417. The highest BCUT2D eigenvalue weighted by Crippen LogP contribution is 2.17. The Labute approximate surface area is 99.2 Å². The van der Waals surface area contributed by atoms with Gasteiger partial charge in [0, 0.05) is 11.6 Å². The van der Waals surface area contributed by atoms with Crippen LogP contribution in [-0.4, -0.2) is 16.2 Å². The first-order valence-corrected chi connectivity index (χ1v) is 5.77. The van der Waals surface area contributed by atoms with Crippen LogP contribution in [0, 0.1) is 5.92 Å². The van der Waals surface area contributed by atoms with E-state index >= 15 is 0 Å². The summed E-state index contributed by atoms with van der Waals surface area (Å²) in [5, 5.41) is 10.3. The van der Waals surface area contributed by atoms with Gasteiger partial charge in [-0.3, -0.25) is 4.79 Å². The summed E-state index contributed by atoms with van der Waals surface area (Å²) in [4.78, 5) is 11.9. The Hall–Kier alpha value is -1.91. The summed E-state index contributed by atoms with van der Waals surface area (Å²) >= 11 is 0. The van der Waals surface area contributed by atoms with Crippen LogP contribution in [-0.2, 0) is 4.79 Å². The van der Waals surface area contributed by atoms with Gasteiger partial charge in [-0.05, 0) is 41.4 Å². The molecule has 0 saturated carbocycles. The van der Waals surface area contributed by atoms with Crippen LogP contribution in [0.2, 0.25) is 0 Å². The van der Waals surface area contributed by atoms with Gasteiger partial charge in [-0.1, -0.05) is 13.8 Å². The molecule has 1 aromatic heterocycles. The van der Waals surface area contributed by atoms with Gasteiger partial charge in [0.05, 0.1) is 0 Å². The topological polar surface area (TPSA) is 68.0 Å². The van der Waals surface area contributed by atoms with Crippen molar-refractivity contribution in [3.05, 3.63) is 18.2 Å². The minimum absolute atomic E-state index is 0.0470. The molecule has 0 aliphatic heterocycles. The molecule has 5 nitrogen and oxygen atoms in total. The summed E-state index contributed by atoms with van der Waals surface area (Å²) in [5.74, 6) is 0.104. The Morgan fingerprint density at radius 2 is 2.00 bits per heavy atom. The molecular weight excluding hydrogens is 218 g/mol. The lowest BCUT2D eigenvalue weighted by Crippen LogP contribution is -2.21. The molecule has 0 radical (unpaired) electrons. The number of amides is 1. The normalized spacial score (nSPS) is 11.0. The molecule has 0 bridgehead atoms. The van der Waals surface area contributed by atoms with Gasteiger partial charge in [0.1, 0.15) is 11.0 Å². The van der Waals surface area contributed by atoms with Crippen LogP contribution in [0.25, 0.3) is 11.0 Å². The molecule has 1 aromatic carbocycles. The van der Waals surface area contributed by atoms with Crippen molar-refractivity contribution in [2.24, 2.45) is 5.92 Å². The number of fused-ring (bicyclic) bond motifs is 1. The molecular formula is C12H15N3O2. The molecule has 2 aromatic rings. The molecule has 5 heteroatoms. The standard InChI is InChI=1S/C12H15N3O2/c1-3-8(4-2)12(16)13-9-5-6-10-11(7-9)15-17-14-10/h5-8H,3-4H2,1-2H3,(H,13,16). The highest BCUT2D eigenvalue weighted by atomic mass is 16.6. The minimum Gasteiger partial charge on any atom is -0.326 e. The van der Waals surface area contributed by atoms with Crippen molar-refractivity contribution >= 4 is 22.6 Å². The fourth-order valence-electron chi connectivity index (χ4n) is 1.76. The van der Waals surface area contributed by atoms with E-state index in [1.807, 2.05) is 13.8 Å². The SMILES string of the molecule is CCC(CC)C(=O)Nc1ccc2nonc2c1. The Morgan fingerprint density at radius 3 is 2.71 bits per heavy atom. The molecule has 0 spiro atoms. The molecule has 0 atom stereocenters. The first kappa shape index (κ1) is 11.6. The van der Waals surface area contributed by atoms with Gasteiger partial charge in [0.2, 0.25) is 5.91 Å². The molecule has 0 aliphatic carbocycles. The molecule has 0 unspecified atom stereocenters. The summed E-state index contributed by atoms with van der Waals surface area (Å²) in [6.45, 7) is 4.02. The molecule has 2 rings (SSSR count). The lowest BCUT2D eigenvalue weighted by molar-refractivity contribution is -0.120. The maximum absolute atomic E-state index is 11.9. The molecule has 90 valence electrons. The van der Waals surface area contributed by atoms with E-state index < -0.39 is 0 Å². The van der Waals surface area contributed by atoms with E-state index in [9.17, 15) is 4.79 Å². The number of nitrogens with zero attached hydrogens (tertiary/aromatic N) is 2. The summed E-state index contributed by atoms with van der Waals surface area (Å²) in [5.41, 5.74) is 2.06. The predicted molar refractivity (Wildman–Crippen MR) is 64.5 cm³/mol. The van der Waals surface area contributed by atoms with Crippen LogP contribution >= 0.6 is 0 Å². The number of nitrogens with one attached hydrogen (secondary N) is 1. The quantitative estimate of drug-likeness (QED) is 0.881. The monoisotopic (exact) mass is 233 g/mol. The van der Waals surface area contributed by atoms with Crippen LogP contribution < -0.4 is 5.32 Å². The number of benzene rings is 1. The van der Waals surface area contributed by atoms with Gasteiger partial charge in [-0.2, -0.15) is 0 Å². The molecule has 17 heavy (non-hydrogen) atoms. The van der Waals surface area contributed by atoms with Gasteiger partial charge >= 0.3 is 0 Å². The zero-order chi connectivity index (χ0) is 12.3. The van der Waals surface area contributed by atoms with Crippen molar-refractivity contribution in [3.8, 4) is 0 Å². The maximum atomic E-state index is 11.9. The number of hydrogen-bond donors (Lipinski definition) is 1. The van der Waals surface area contributed by atoms with Gasteiger partial charge in [0.25, 0.3) is 0 Å². The molecule has 1 heterocycles. The second kappa shape index (κ2) is 4.95. The van der Waals surface area contributed by atoms with Crippen molar-refractivity contribution in [3.63, 3.8) is 0 Å². The number of carbonyl (C=O) groups excluding carboxylic acids is 1. The van der Waals surface area contributed by atoms with Crippen LogP contribution in [0.15, 0.2) is 22.8 Å². The largest absolute Gasteiger partial charge is 0.326 e. The average molecular weight is 233 g/mol. The van der Waals surface area contributed by atoms with E-state index in [2.05, 4.69) is 20.3 Å². The minimum atomic E-state index is 0.0470. The van der Waals surface area contributed by atoms with E-state index in [1.165, 1.54) is 0 Å². The van der Waals surface area contributed by atoms with Crippen LogP contribution in [0.3, 0.4) is 0 Å². The van der Waals surface area contributed by atoms with E-state index in [0.29, 0.717) is 11.0 Å². The number of aromatic nitrogens is 2. The first-order valence-electron chi connectivity index (χ1n) is 5.77. The Morgan fingerprint density at radius 1 is 1.29 bits per heavy atom. The van der Waals surface area contributed by atoms with E-state index in [1.54, 1.807) is 18.2 Å². The van der Waals surface area contributed by atoms with Crippen molar-refractivity contribution in [1.82, 2.24) is 10.3 Å². The van der Waals surface area contributed by atoms with Crippen molar-refractivity contribution in [1.29, 1.82) is 0 Å². The Kier molecular flexibility index (Phi) is 3.37. The lowest BCUT2D eigenvalue weighted by atomic mass is 10.0. The number of hydrogen-bond acceptors (Lipinski definition) is 4. The molecule has 1 amide bonds. The summed E-state index contributed by atoms with van der Waals surface area (Å²) in [6.07, 6.45) is 1.69. The van der Waals surface area contributed by atoms with Crippen LogP contribution in [0.5, 0.6) is 0 Å². The summed E-state index contributed by atoms with van der Waals surface area (Å²) in [7, 11) is 0. The van der Waals surface area contributed by atoms with E-state index in [-0.39, 0.29) is 11.8 Å². The first-order chi connectivity index (χ1) is 8.24. The number of anilines is 1. The molecule has 0 aliphatic rings. The van der Waals surface area contributed by atoms with Crippen LogP contribution in [0.1, 0.15) is 26.7 Å². The van der Waals surface area contributed by atoms with Crippen molar-refractivity contribution in [2.75, 3.05) is 5.32 Å². The third-order valence-corrected chi connectivity index (χ3v) is 2.88. The highest BCUT2D eigenvalue weighted by Gasteiger charge is 2.14. The average Bonchev–Trinajstić information content (AvgIpc) is 2.77. The van der Waals surface area contributed by atoms with Gasteiger partial charge in [-0.15, -0.1) is 0 Å². The second-order valence-corrected chi connectivity index (χ2v) is 3.97. The highest BCUT2D eigenvalue weighted by molar-refractivity contribution is 5.94. The molecule has 1 N–H and O–H groups in total. The van der Waals surface area contributed by atoms with Crippen molar-refractivity contribution in [2.45, 2.75) is 26.7 Å². The van der Waals surface area contributed by atoms with Gasteiger partial charge in [0.15, 0.2) is 0 Å². The summed E-state index contributed by atoms with van der Waals surface area (Å²) in [6, 6.07) is 5.33. The third-order valence-electron chi connectivity index (χ3n) is 2.88. The van der Waals surface area contributed by atoms with E-state index in [0.717, 1.165) is 18.5 Å². The molecule has 0 saturated heterocycles. The Balaban J connectivity index is 2.14. The second-order valence-electron chi connectivity index (χ2n) is 3.97. The summed E-state index contributed by atoms with van der Waals surface area (Å²) < 4.78 is 4.60. The zero-order valence-electron chi connectivity index (χ0n) is 9.93. The van der Waals surface area contributed by atoms with Gasteiger partial charge in [-0.25, -0.2) is 4.63 Å². The zero-order valence-corrected chi connectivity index (χ0v) is 9.93. The van der Waals surface area contributed by atoms with Crippen molar-refractivity contribution < 1.29 is 9.42 Å². The lowest BCUT2D eigenvalue weighted by Gasteiger charge is -2.12. The molecule has 0 fully saturated rings.